The second-order valence-electron chi connectivity index (χ2n) is 5.65. The van der Waals surface area contributed by atoms with E-state index in [0.717, 1.165) is 18.7 Å². The van der Waals surface area contributed by atoms with Gasteiger partial charge in [-0.3, -0.25) is 9.59 Å². The Hall–Kier alpha value is -1.97. The summed E-state index contributed by atoms with van der Waals surface area (Å²) < 4.78 is 7.26. The van der Waals surface area contributed by atoms with E-state index in [2.05, 4.69) is 5.32 Å². The summed E-state index contributed by atoms with van der Waals surface area (Å²) in [7, 11) is 0.198. The van der Waals surface area contributed by atoms with Crippen LogP contribution < -0.4 is 5.32 Å². The topological polar surface area (TPSA) is 60.3 Å². The molecule has 2 heterocycles. The number of aromatic nitrogens is 1. The van der Waals surface area contributed by atoms with Gasteiger partial charge in [-0.25, -0.2) is 0 Å². The number of carbonyl (C=O) groups excluding carboxylic acids is 2. The number of benzene rings is 1. The van der Waals surface area contributed by atoms with Crippen molar-refractivity contribution in [1.82, 2.24) is 9.88 Å². The Kier molecular flexibility index (Phi) is 5.44. The Bertz CT molecular complexity index is 727. The number of carbonyl (C=O) groups is 2. The Morgan fingerprint density at radius 2 is 2.04 bits per heavy atom. The third kappa shape index (κ3) is 3.58. The predicted octanol–water partition coefficient (Wildman–Crippen LogP) is 2.91. The minimum atomic E-state index is -0.0266. The summed E-state index contributed by atoms with van der Waals surface area (Å²) in [6.07, 6.45) is 1.20. The molecule has 6 heteroatoms. The van der Waals surface area contributed by atoms with Crippen LogP contribution in [0.2, 0.25) is 0 Å². The summed E-state index contributed by atoms with van der Waals surface area (Å²) in [4.78, 5) is 24.6. The van der Waals surface area contributed by atoms with Crippen molar-refractivity contribution in [2.45, 2.75) is 25.9 Å². The lowest BCUT2D eigenvalue weighted by Crippen LogP contribution is -2.28. The molecule has 1 aromatic heterocycles. The molecule has 2 aromatic rings. The first-order chi connectivity index (χ1) is 11.7. The van der Waals surface area contributed by atoms with Gasteiger partial charge < -0.3 is 14.4 Å². The van der Waals surface area contributed by atoms with E-state index in [1.165, 1.54) is 0 Å². The van der Waals surface area contributed by atoms with Gasteiger partial charge >= 0.3 is 0 Å². The Balaban J connectivity index is 1.69. The number of amides is 1. The number of nitrogens with zero attached hydrogens (tertiary/aromatic N) is 1. The van der Waals surface area contributed by atoms with Crippen molar-refractivity contribution in [3.63, 3.8) is 0 Å². The third-order valence-corrected chi connectivity index (χ3v) is 5.05. The highest BCUT2D eigenvalue weighted by Gasteiger charge is 2.28. The number of nitrogens with one attached hydrogen (secondary N) is 1. The Labute approximate surface area is 143 Å². The molecule has 0 saturated heterocycles. The lowest BCUT2D eigenvalue weighted by atomic mass is 10.1. The maximum atomic E-state index is 12.6. The zero-order chi connectivity index (χ0) is 16.9. The van der Waals surface area contributed by atoms with Gasteiger partial charge in [0.05, 0.1) is 17.9 Å². The van der Waals surface area contributed by atoms with Crippen LogP contribution in [0.4, 0.5) is 0 Å². The molecule has 0 radical (unpaired) electrons. The summed E-state index contributed by atoms with van der Waals surface area (Å²) in [5.74, 6) is 0.0176. The van der Waals surface area contributed by atoms with E-state index in [1.54, 1.807) is 0 Å². The second kappa shape index (κ2) is 7.73. The van der Waals surface area contributed by atoms with Gasteiger partial charge in [-0.2, -0.15) is 0 Å². The molecule has 0 saturated carbocycles. The number of hydrogen-bond donors (Lipinski definition) is 1. The molecule has 1 aliphatic rings. The molecule has 24 heavy (non-hydrogen) atoms. The summed E-state index contributed by atoms with van der Waals surface area (Å²) >= 11 is 0. The predicted molar refractivity (Wildman–Crippen MR) is 94.6 cm³/mol. The van der Waals surface area contributed by atoms with E-state index < -0.39 is 0 Å². The molecule has 3 rings (SSSR count). The minimum absolute atomic E-state index is 0.00244. The van der Waals surface area contributed by atoms with Gasteiger partial charge in [0, 0.05) is 33.2 Å². The first kappa shape index (κ1) is 16.9. The molecule has 126 valence electrons. The molecule has 0 fully saturated rings. The van der Waals surface area contributed by atoms with Crippen LogP contribution in [0.3, 0.4) is 0 Å². The number of ketones is 1. The molecular weight excluding hydrogens is 323 g/mol. The molecule has 1 aromatic carbocycles. The average Bonchev–Trinajstić information content (AvgIpc) is 3.18. The van der Waals surface area contributed by atoms with Crippen LogP contribution in [0.5, 0.6) is 0 Å². The molecule has 2 atom stereocenters. The third-order valence-electron chi connectivity index (χ3n) is 4.10. The Morgan fingerprint density at radius 1 is 1.25 bits per heavy atom. The van der Waals surface area contributed by atoms with Crippen LogP contribution in [0.25, 0.3) is 0 Å². The van der Waals surface area contributed by atoms with E-state index in [1.807, 2.05) is 54.0 Å². The van der Waals surface area contributed by atoms with Crippen LogP contribution in [-0.2, 0) is 15.9 Å². The van der Waals surface area contributed by atoms with Gasteiger partial charge in [0.2, 0.25) is 11.7 Å². The van der Waals surface area contributed by atoms with Gasteiger partial charge in [0.1, 0.15) is 0 Å². The standard InChI is InChI=1S/C18H21N2O3P/c1-2-23-24-12-17(21)19-14-10-11-20-15(14)8-9-16(20)18(22)13-6-4-3-5-7-13/h3-9,14,24H,2,10-12H2,1H3,(H,19,21). The highest BCUT2D eigenvalue weighted by atomic mass is 31.1. The zero-order valence-electron chi connectivity index (χ0n) is 13.6. The second-order valence-corrected chi connectivity index (χ2v) is 6.58. The summed E-state index contributed by atoms with van der Waals surface area (Å²) in [6.45, 7) is 3.29. The van der Waals surface area contributed by atoms with Crippen LogP contribution in [0.1, 0.15) is 41.1 Å². The van der Waals surface area contributed by atoms with E-state index in [9.17, 15) is 9.59 Å². The van der Waals surface area contributed by atoms with Gasteiger partial charge in [0.15, 0.2) is 0 Å². The molecule has 0 aliphatic carbocycles. The van der Waals surface area contributed by atoms with Crippen LogP contribution in [-0.4, -0.2) is 29.0 Å². The maximum absolute atomic E-state index is 12.6. The van der Waals surface area contributed by atoms with Crippen LogP contribution >= 0.6 is 8.81 Å². The van der Waals surface area contributed by atoms with Crippen molar-refractivity contribution in [3.8, 4) is 0 Å². The van der Waals surface area contributed by atoms with Gasteiger partial charge in [-0.05, 0) is 25.5 Å². The Morgan fingerprint density at radius 3 is 2.79 bits per heavy atom. The SMILES string of the molecule is CCOPCC(=O)NC1CCn2c(C(=O)c3ccccc3)ccc21. The highest BCUT2D eigenvalue weighted by molar-refractivity contribution is 7.33. The van der Waals surface area contributed by atoms with Crippen molar-refractivity contribution in [1.29, 1.82) is 0 Å². The lowest BCUT2D eigenvalue weighted by Gasteiger charge is -2.12. The molecule has 1 N–H and O–H groups in total. The fraction of sp³-hybridized carbons (Fsp3) is 0.333. The highest BCUT2D eigenvalue weighted by Crippen LogP contribution is 2.29. The number of fused-ring (bicyclic) bond motifs is 1. The molecule has 2 unspecified atom stereocenters. The molecule has 1 amide bonds. The van der Waals surface area contributed by atoms with Crippen LogP contribution in [0, 0.1) is 0 Å². The smallest absolute Gasteiger partial charge is 0.226 e. The fourth-order valence-electron chi connectivity index (χ4n) is 2.99. The molecular formula is C18H21N2O3P. The first-order valence-corrected chi connectivity index (χ1v) is 9.25. The maximum Gasteiger partial charge on any atom is 0.226 e. The lowest BCUT2D eigenvalue weighted by molar-refractivity contribution is -0.119. The summed E-state index contributed by atoms with van der Waals surface area (Å²) in [5, 5.41) is 3.04. The van der Waals surface area contributed by atoms with Gasteiger partial charge in [0.25, 0.3) is 0 Å². The molecule has 1 aliphatic heterocycles. The minimum Gasteiger partial charge on any atom is -0.362 e. The summed E-state index contributed by atoms with van der Waals surface area (Å²) in [5.41, 5.74) is 2.37. The van der Waals surface area contributed by atoms with E-state index in [0.29, 0.717) is 24.0 Å². The summed E-state index contributed by atoms with van der Waals surface area (Å²) in [6, 6.07) is 13.0. The van der Waals surface area contributed by atoms with Gasteiger partial charge in [-0.15, -0.1) is 0 Å². The fourth-order valence-corrected chi connectivity index (χ4v) is 3.53. The van der Waals surface area contributed by atoms with Gasteiger partial charge in [-0.1, -0.05) is 30.3 Å². The van der Waals surface area contributed by atoms with Crippen molar-refractivity contribution in [2.75, 3.05) is 12.8 Å². The quantitative estimate of drug-likeness (QED) is 0.477. The molecule has 0 spiro atoms. The monoisotopic (exact) mass is 344 g/mol. The van der Waals surface area contributed by atoms with Crippen molar-refractivity contribution >= 4 is 20.5 Å². The number of rotatable bonds is 7. The zero-order valence-corrected chi connectivity index (χ0v) is 14.6. The normalized spacial score (nSPS) is 16.5. The van der Waals surface area contributed by atoms with E-state index in [-0.39, 0.29) is 26.5 Å². The number of hydrogen-bond acceptors (Lipinski definition) is 3. The van der Waals surface area contributed by atoms with Crippen molar-refractivity contribution in [2.24, 2.45) is 0 Å². The van der Waals surface area contributed by atoms with Crippen molar-refractivity contribution < 1.29 is 14.1 Å². The average molecular weight is 344 g/mol. The molecule has 5 nitrogen and oxygen atoms in total. The molecule has 0 bridgehead atoms. The van der Waals surface area contributed by atoms with E-state index in [4.69, 9.17) is 4.52 Å². The largest absolute Gasteiger partial charge is 0.362 e. The van der Waals surface area contributed by atoms with E-state index >= 15 is 0 Å². The first-order valence-electron chi connectivity index (χ1n) is 8.14. The van der Waals surface area contributed by atoms with Crippen LogP contribution in [0.15, 0.2) is 42.5 Å². The van der Waals surface area contributed by atoms with Crippen molar-refractivity contribution in [3.05, 3.63) is 59.4 Å².